The van der Waals surface area contributed by atoms with Gasteiger partial charge in [0, 0.05) is 0 Å². The van der Waals surface area contributed by atoms with Crippen molar-refractivity contribution in [2.24, 2.45) is 0 Å². The number of methoxy groups -OCH3 is 1. The Hall–Kier alpha value is -2.84. The van der Waals surface area contributed by atoms with E-state index in [0.29, 0.717) is 0 Å². The first-order valence-electron chi connectivity index (χ1n) is 5.60. The smallest absolute Gasteiger partial charge is 0.412 e. The van der Waals surface area contributed by atoms with Gasteiger partial charge in [0.2, 0.25) is 0 Å². The molecule has 2 rings (SSSR count). The molecule has 1 amide bonds. The van der Waals surface area contributed by atoms with Gasteiger partial charge in [-0.1, -0.05) is 0 Å². The normalized spacial score (nSPS) is 10.1. The fourth-order valence-electron chi connectivity index (χ4n) is 1.38. The van der Waals surface area contributed by atoms with E-state index >= 15 is 0 Å². The minimum absolute atomic E-state index is 0.0790. The van der Waals surface area contributed by atoms with Crippen LogP contribution in [0, 0.1) is 17.5 Å². The van der Waals surface area contributed by atoms with Crippen molar-refractivity contribution in [3.8, 4) is 0 Å². The average Bonchev–Trinajstić information content (AvgIpc) is 2.49. The van der Waals surface area contributed by atoms with Gasteiger partial charge in [-0.3, -0.25) is 5.32 Å². The molecule has 2 aromatic rings. The molecular formula is C12H9F3N4O2. The van der Waals surface area contributed by atoms with Crippen LogP contribution in [-0.4, -0.2) is 23.4 Å². The van der Waals surface area contributed by atoms with E-state index < -0.39 is 23.5 Å². The lowest BCUT2D eigenvalue weighted by Crippen LogP contribution is -2.12. The van der Waals surface area contributed by atoms with Gasteiger partial charge in [0.05, 0.1) is 12.8 Å². The zero-order valence-corrected chi connectivity index (χ0v) is 10.7. The Balaban J connectivity index is 2.14. The van der Waals surface area contributed by atoms with Crippen molar-refractivity contribution in [1.29, 1.82) is 0 Å². The number of benzene rings is 1. The van der Waals surface area contributed by atoms with Crippen LogP contribution in [0.3, 0.4) is 0 Å². The zero-order chi connectivity index (χ0) is 15.4. The summed E-state index contributed by atoms with van der Waals surface area (Å²) in [6.07, 6.45) is -0.725. The quantitative estimate of drug-likeness (QED) is 0.852. The minimum Gasteiger partial charge on any atom is -0.453 e. The van der Waals surface area contributed by atoms with Crippen LogP contribution in [0.2, 0.25) is 0 Å². The highest BCUT2D eigenvalue weighted by Gasteiger charge is 2.13. The minimum atomic E-state index is -1.59. The molecule has 110 valence electrons. The standard InChI is InChI=1S/C12H9F3N4O2/c1-21-12(20)17-9-5-4-8(18-19-9)16-7-3-2-6(13)10(14)11(7)15/h2-5H,1H3,(H,16,18)(H,17,19,20). The van der Waals surface area contributed by atoms with E-state index in [1.807, 2.05) is 0 Å². The summed E-state index contributed by atoms with van der Waals surface area (Å²) in [5.74, 6) is -4.05. The summed E-state index contributed by atoms with van der Waals surface area (Å²) in [5.41, 5.74) is -0.295. The maximum atomic E-state index is 13.4. The third-order valence-corrected chi connectivity index (χ3v) is 2.38. The van der Waals surface area contributed by atoms with Crippen LogP contribution in [0.1, 0.15) is 0 Å². The largest absolute Gasteiger partial charge is 0.453 e. The summed E-state index contributed by atoms with van der Waals surface area (Å²) >= 11 is 0. The van der Waals surface area contributed by atoms with Gasteiger partial charge >= 0.3 is 6.09 Å². The van der Waals surface area contributed by atoms with Crippen molar-refractivity contribution in [1.82, 2.24) is 10.2 Å². The lowest BCUT2D eigenvalue weighted by molar-refractivity contribution is 0.187. The topological polar surface area (TPSA) is 76.1 Å². The Morgan fingerprint density at radius 2 is 1.71 bits per heavy atom. The number of amides is 1. The first-order chi connectivity index (χ1) is 10.0. The van der Waals surface area contributed by atoms with Crippen molar-refractivity contribution in [2.75, 3.05) is 17.7 Å². The summed E-state index contributed by atoms with van der Waals surface area (Å²) in [6.45, 7) is 0. The maximum absolute atomic E-state index is 13.4. The third-order valence-electron chi connectivity index (χ3n) is 2.38. The average molecular weight is 298 g/mol. The molecule has 0 aliphatic carbocycles. The van der Waals surface area contributed by atoms with Gasteiger partial charge in [-0.2, -0.15) is 0 Å². The van der Waals surface area contributed by atoms with Gasteiger partial charge in [0.15, 0.2) is 29.1 Å². The molecule has 1 aromatic heterocycles. The summed E-state index contributed by atoms with van der Waals surface area (Å²) in [4.78, 5) is 10.9. The lowest BCUT2D eigenvalue weighted by Gasteiger charge is -2.07. The Labute approximate surface area is 116 Å². The Morgan fingerprint density at radius 3 is 2.33 bits per heavy atom. The summed E-state index contributed by atoms with van der Waals surface area (Å²) in [5, 5.41) is 12.0. The SMILES string of the molecule is COC(=O)Nc1ccc(Nc2ccc(F)c(F)c2F)nn1. The number of rotatable bonds is 3. The number of carbonyl (C=O) groups is 1. The number of ether oxygens (including phenoxy) is 1. The number of aromatic nitrogens is 2. The molecular weight excluding hydrogens is 289 g/mol. The Kier molecular flexibility index (Phi) is 4.21. The number of hydrogen-bond acceptors (Lipinski definition) is 5. The van der Waals surface area contributed by atoms with Crippen molar-refractivity contribution < 1.29 is 22.7 Å². The van der Waals surface area contributed by atoms with Crippen molar-refractivity contribution in [3.05, 3.63) is 41.7 Å². The number of nitrogens with one attached hydrogen (secondary N) is 2. The summed E-state index contributed by atoms with van der Waals surface area (Å²) in [7, 11) is 1.19. The molecule has 6 nitrogen and oxygen atoms in total. The molecule has 0 atom stereocenters. The lowest BCUT2D eigenvalue weighted by atomic mass is 10.3. The van der Waals surface area contributed by atoms with Crippen LogP contribution in [0.5, 0.6) is 0 Å². The number of halogens is 3. The molecule has 0 aliphatic heterocycles. The highest BCUT2D eigenvalue weighted by Crippen LogP contribution is 2.22. The van der Waals surface area contributed by atoms with E-state index in [0.717, 1.165) is 12.1 Å². The molecule has 1 aromatic carbocycles. The predicted molar refractivity (Wildman–Crippen MR) is 67.7 cm³/mol. The second-order valence-corrected chi connectivity index (χ2v) is 3.77. The molecule has 0 unspecified atom stereocenters. The molecule has 0 fully saturated rings. The molecule has 0 saturated heterocycles. The van der Waals surface area contributed by atoms with E-state index in [9.17, 15) is 18.0 Å². The fourth-order valence-corrected chi connectivity index (χ4v) is 1.38. The van der Waals surface area contributed by atoms with Gasteiger partial charge in [0.1, 0.15) is 0 Å². The number of hydrogen-bond donors (Lipinski definition) is 2. The van der Waals surface area contributed by atoms with Crippen molar-refractivity contribution >= 4 is 23.4 Å². The first kappa shape index (κ1) is 14.6. The Bertz CT molecular complexity index is 664. The highest BCUT2D eigenvalue weighted by atomic mass is 19.2. The van der Waals surface area contributed by atoms with E-state index in [1.165, 1.54) is 19.2 Å². The fraction of sp³-hybridized carbons (Fsp3) is 0.0833. The molecule has 1 heterocycles. The van der Waals surface area contributed by atoms with Gasteiger partial charge in [0.25, 0.3) is 0 Å². The number of carbonyl (C=O) groups excluding carboxylic acids is 1. The van der Waals surface area contributed by atoms with Crippen LogP contribution in [0.15, 0.2) is 24.3 Å². The zero-order valence-electron chi connectivity index (χ0n) is 10.7. The third kappa shape index (κ3) is 3.38. The molecule has 0 radical (unpaired) electrons. The number of nitrogens with zero attached hydrogens (tertiary/aromatic N) is 2. The van der Waals surface area contributed by atoms with E-state index in [2.05, 4.69) is 25.6 Å². The monoisotopic (exact) mass is 298 g/mol. The highest BCUT2D eigenvalue weighted by molar-refractivity contribution is 5.83. The maximum Gasteiger partial charge on any atom is 0.412 e. The molecule has 0 aliphatic rings. The summed E-state index contributed by atoms with van der Waals surface area (Å²) < 4.78 is 43.6. The second-order valence-electron chi connectivity index (χ2n) is 3.77. The molecule has 21 heavy (non-hydrogen) atoms. The molecule has 0 bridgehead atoms. The van der Waals surface area contributed by atoms with Crippen LogP contribution in [0.25, 0.3) is 0 Å². The van der Waals surface area contributed by atoms with Gasteiger partial charge in [-0.25, -0.2) is 18.0 Å². The Morgan fingerprint density at radius 1 is 1.05 bits per heavy atom. The van der Waals surface area contributed by atoms with E-state index in [1.54, 1.807) is 0 Å². The first-order valence-corrected chi connectivity index (χ1v) is 5.60. The van der Waals surface area contributed by atoms with Crippen LogP contribution < -0.4 is 10.6 Å². The molecule has 0 saturated carbocycles. The van der Waals surface area contributed by atoms with Gasteiger partial charge in [-0.05, 0) is 24.3 Å². The molecule has 2 N–H and O–H groups in total. The van der Waals surface area contributed by atoms with Crippen molar-refractivity contribution in [2.45, 2.75) is 0 Å². The predicted octanol–water partition coefficient (Wildman–Crippen LogP) is 2.82. The second kappa shape index (κ2) is 6.07. The molecule has 9 heteroatoms. The number of anilines is 3. The summed E-state index contributed by atoms with van der Waals surface area (Å²) in [6, 6.07) is 4.53. The van der Waals surface area contributed by atoms with E-state index in [-0.39, 0.29) is 17.3 Å². The van der Waals surface area contributed by atoms with Crippen molar-refractivity contribution in [3.63, 3.8) is 0 Å². The van der Waals surface area contributed by atoms with E-state index in [4.69, 9.17) is 0 Å². The van der Waals surface area contributed by atoms with Crippen LogP contribution in [0.4, 0.5) is 35.3 Å². The van der Waals surface area contributed by atoms with Gasteiger partial charge in [-0.15, -0.1) is 10.2 Å². The van der Waals surface area contributed by atoms with Crippen LogP contribution >= 0.6 is 0 Å². The van der Waals surface area contributed by atoms with Crippen LogP contribution in [-0.2, 0) is 4.74 Å². The van der Waals surface area contributed by atoms with Gasteiger partial charge < -0.3 is 10.1 Å². The molecule has 0 spiro atoms.